The van der Waals surface area contributed by atoms with E-state index in [2.05, 4.69) is 39.6 Å². The molecule has 0 aliphatic carbocycles. The van der Waals surface area contributed by atoms with Gasteiger partial charge in [0.1, 0.15) is 5.82 Å². The fraction of sp³-hybridized carbons (Fsp3) is 0.667. The van der Waals surface area contributed by atoms with Crippen molar-refractivity contribution in [2.45, 2.75) is 38.8 Å². The van der Waals surface area contributed by atoms with Gasteiger partial charge in [-0.05, 0) is 33.7 Å². The third-order valence-corrected chi connectivity index (χ3v) is 3.65. The van der Waals surface area contributed by atoms with Gasteiger partial charge in [-0.3, -0.25) is 5.43 Å². The lowest BCUT2D eigenvalue weighted by Gasteiger charge is -2.35. The summed E-state index contributed by atoms with van der Waals surface area (Å²) in [5, 5.41) is 3.50. The maximum Gasteiger partial charge on any atom is 0.239 e. The molecule has 0 amide bonds. The van der Waals surface area contributed by atoms with Gasteiger partial charge in [-0.1, -0.05) is 0 Å². The molecule has 2 atom stereocenters. The summed E-state index contributed by atoms with van der Waals surface area (Å²) in [6.07, 6.45) is 4.05. The second-order valence-electron chi connectivity index (χ2n) is 5.06. The van der Waals surface area contributed by atoms with Crippen molar-refractivity contribution in [3.63, 3.8) is 0 Å². The van der Waals surface area contributed by atoms with E-state index in [4.69, 9.17) is 5.84 Å². The molecule has 1 saturated heterocycles. The summed E-state index contributed by atoms with van der Waals surface area (Å²) in [4.78, 5) is 10.8. The lowest BCUT2D eigenvalue weighted by atomic mass is 9.99. The average Bonchev–Trinajstić information content (AvgIpc) is 2.36. The van der Waals surface area contributed by atoms with Crippen molar-refractivity contribution in [3.05, 3.63) is 11.8 Å². The number of nitrogen functional groups attached to an aromatic ring is 1. The normalized spacial score (nSPS) is 24.9. The molecule has 1 aromatic heterocycles. The van der Waals surface area contributed by atoms with Crippen molar-refractivity contribution in [3.8, 4) is 0 Å². The predicted octanol–water partition coefficient (Wildman–Crippen LogP) is 0.965. The van der Waals surface area contributed by atoms with E-state index in [-0.39, 0.29) is 0 Å². The fourth-order valence-electron chi connectivity index (χ4n) is 2.27. The van der Waals surface area contributed by atoms with Gasteiger partial charge in [0, 0.05) is 30.4 Å². The Balaban J connectivity index is 2.05. The molecule has 6 nitrogen and oxygen atoms in total. The number of hydrazine groups is 1. The number of aryl methyl sites for hydroxylation is 1. The van der Waals surface area contributed by atoms with E-state index >= 15 is 0 Å². The summed E-state index contributed by atoms with van der Waals surface area (Å²) in [7, 11) is 2.17. The quantitative estimate of drug-likeness (QED) is 0.548. The number of rotatable bonds is 3. The van der Waals surface area contributed by atoms with Crippen LogP contribution in [0.1, 0.15) is 25.3 Å². The molecule has 4 N–H and O–H groups in total. The molecule has 6 heteroatoms. The third kappa shape index (κ3) is 2.88. The molecular weight excluding hydrogens is 228 g/mol. The number of anilines is 2. The molecule has 18 heavy (non-hydrogen) atoms. The fourth-order valence-corrected chi connectivity index (χ4v) is 2.27. The molecule has 1 aliphatic rings. The van der Waals surface area contributed by atoms with Gasteiger partial charge in [-0.2, -0.15) is 4.98 Å². The standard InChI is InChI=1S/C12H22N6/c1-8-7-14-12(17-13)16-11(8)15-10-4-5-18(3)9(2)6-10/h7,9-10H,4-6,13H2,1-3H3,(H2,14,15,16,17). The van der Waals surface area contributed by atoms with Crippen molar-refractivity contribution in [1.82, 2.24) is 14.9 Å². The minimum absolute atomic E-state index is 0.448. The van der Waals surface area contributed by atoms with E-state index in [1.54, 1.807) is 6.20 Å². The van der Waals surface area contributed by atoms with Gasteiger partial charge in [0.05, 0.1) is 0 Å². The lowest BCUT2D eigenvalue weighted by Crippen LogP contribution is -2.42. The molecule has 2 unspecified atom stereocenters. The second-order valence-corrected chi connectivity index (χ2v) is 5.06. The van der Waals surface area contributed by atoms with E-state index in [9.17, 15) is 0 Å². The van der Waals surface area contributed by atoms with Crippen LogP contribution >= 0.6 is 0 Å². The number of nitrogens with two attached hydrogens (primary N) is 1. The van der Waals surface area contributed by atoms with Crippen LogP contribution in [0.2, 0.25) is 0 Å². The largest absolute Gasteiger partial charge is 0.367 e. The Kier molecular flexibility index (Phi) is 3.98. The van der Waals surface area contributed by atoms with E-state index in [0.717, 1.165) is 30.8 Å². The molecule has 0 aromatic carbocycles. The number of nitrogens with zero attached hydrogens (tertiary/aromatic N) is 3. The van der Waals surface area contributed by atoms with Gasteiger partial charge in [0.25, 0.3) is 0 Å². The van der Waals surface area contributed by atoms with Crippen LogP contribution in [0.5, 0.6) is 0 Å². The smallest absolute Gasteiger partial charge is 0.239 e. The Morgan fingerprint density at radius 2 is 2.28 bits per heavy atom. The topological polar surface area (TPSA) is 79.1 Å². The molecule has 1 aliphatic heterocycles. The molecule has 2 heterocycles. The van der Waals surface area contributed by atoms with E-state index in [1.807, 2.05) is 6.92 Å². The zero-order chi connectivity index (χ0) is 13.1. The van der Waals surface area contributed by atoms with Gasteiger partial charge in [0.2, 0.25) is 5.95 Å². The highest BCUT2D eigenvalue weighted by Crippen LogP contribution is 2.21. The van der Waals surface area contributed by atoms with Gasteiger partial charge >= 0.3 is 0 Å². The van der Waals surface area contributed by atoms with Gasteiger partial charge in [-0.15, -0.1) is 0 Å². The van der Waals surface area contributed by atoms with Gasteiger partial charge < -0.3 is 10.2 Å². The van der Waals surface area contributed by atoms with Crippen molar-refractivity contribution >= 4 is 11.8 Å². The number of hydrogen-bond donors (Lipinski definition) is 3. The minimum Gasteiger partial charge on any atom is -0.367 e. The van der Waals surface area contributed by atoms with E-state index in [1.165, 1.54) is 0 Å². The molecule has 2 rings (SSSR count). The van der Waals surface area contributed by atoms with Gasteiger partial charge in [0.15, 0.2) is 0 Å². The van der Waals surface area contributed by atoms with Crippen molar-refractivity contribution < 1.29 is 0 Å². The van der Waals surface area contributed by atoms with E-state index in [0.29, 0.717) is 18.0 Å². The van der Waals surface area contributed by atoms with Crippen LogP contribution in [0.15, 0.2) is 6.20 Å². The predicted molar refractivity (Wildman–Crippen MR) is 73.3 cm³/mol. The number of piperidine rings is 1. The number of likely N-dealkylation sites (tertiary alicyclic amines) is 1. The van der Waals surface area contributed by atoms with Crippen LogP contribution in [0, 0.1) is 6.92 Å². The minimum atomic E-state index is 0.448. The summed E-state index contributed by atoms with van der Waals surface area (Å²) >= 11 is 0. The first-order valence-electron chi connectivity index (χ1n) is 6.37. The van der Waals surface area contributed by atoms with Crippen LogP contribution in [0.4, 0.5) is 11.8 Å². The highest BCUT2D eigenvalue weighted by Gasteiger charge is 2.23. The van der Waals surface area contributed by atoms with E-state index < -0.39 is 0 Å². The summed E-state index contributed by atoms with van der Waals surface area (Å²) in [5.74, 6) is 6.66. The molecule has 0 bridgehead atoms. The molecule has 100 valence electrons. The van der Waals surface area contributed by atoms with Crippen LogP contribution in [0.25, 0.3) is 0 Å². The maximum absolute atomic E-state index is 5.33. The summed E-state index contributed by atoms with van der Waals surface area (Å²) in [6.45, 7) is 5.37. The average molecular weight is 250 g/mol. The molecule has 1 fully saturated rings. The number of nitrogens with one attached hydrogen (secondary N) is 2. The summed E-state index contributed by atoms with van der Waals surface area (Å²) in [5.41, 5.74) is 3.52. The summed E-state index contributed by atoms with van der Waals surface area (Å²) < 4.78 is 0. The Morgan fingerprint density at radius 1 is 1.50 bits per heavy atom. The van der Waals surface area contributed by atoms with Crippen molar-refractivity contribution in [2.24, 2.45) is 5.84 Å². The Labute approximate surface area is 108 Å². The van der Waals surface area contributed by atoms with Crippen molar-refractivity contribution in [1.29, 1.82) is 0 Å². The number of aromatic nitrogens is 2. The Bertz CT molecular complexity index is 408. The second kappa shape index (κ2) is 5.49. The van der Waals surface area contributed by atoms with Gasteiger partial charge in [-0.25, -0.2) is 10.8 Å². The van der Waals surface area contributed by atoms with Crippen molar-refractivity contribution in [2.75, 3.05) is 24.3 Å². The molecule has 0 saturated carbocycles. The SMILES string of the molecule is Cc1cnc(NN)nc1NC1CCN(C)C(C)C1. The van der Waals surface area contributed by atoms with Crippen LogP contribution < -0.4 is 16.6 Å². The molecular formula is C12H22N6. The van der Waals surface area contributed by atoms with Crippen LogP contribution in [-0.4, -0.2) is 40.5 Å². The first-order chi connectivity index (χ1) is 8.60. The summed E-state index contributed by atoms with van der Waals surface area (Å²) in [6, 6.07) is 1.07. The van der Waals surface area contributed by atoms with Crippen LogP contribution in [0.3, 0.4) is 0 Å². The zero-order valence-electron chi connectivity index (χ0n) is 11.3. The Morgan fingerprint density at radius 3 is 2.94 bits per heavy atom. The Hall–Kier alpha value is -1.40. The lowest BCUT2D eigenvalue weighted by molar-refractivity contribution is 0.190. The maximum atomic E-state index is 5.33. The first kappa shape index (κ1) is 13.0. The number of hydrogen-bond acceptors (Lipinski definition) is 6. The molecule has 0 radical (unpaired) electrons. The molecule has 1 aromatic rings. The highest BCUT2D eigenvalue weighted by atomic mass is 15.3. The third-order valence-electron chi connectivity index (χ3n) is 3.65. The zero-order valence-corrected chi connectivity index (χ0v) is 11.3. The highest BCUT2D eigenvalue weighted by molar-refractivity contribution is 5.46. The van der Waals surface area contributed by atoms with Crippen LogP contribution in [-0.2, 0) is 0 Å². The molecule has 0 spiro atoms. The monoisotopic (exact) mass is 250 g/mol. The first-order valence-corrected chi connectivity index (χ1v) is 6.37.